The van der Waals surface area contributed by atoms with E-state index in [1.54, 1.807) is 0 Å². The molecule has 0 radical (unpaired) electrons. The van der Waals surface area contributed by atoms with Crippen molar-refractivity contribution in [1.29, 1.82) is 0 Å². The molecule has 0 aromatic carbocycles. The smallest absolute Gasteiger partial charge is 0.0707 e. The third-order valence-corrected chi connectivity index (χ3v) is 3.00. The highest BCUT2D eigenvalue weighted by molar-refractivity contribution is 4.98. The van der Waals surface area contributed by atoms with Crippen LogP contribution in [0.4, 0.5) is 0 Å². The summed E-state index contributed by atoms with van der Waals surface area (Å²) < 4.78 is 6.02. The summed E-state index contributed by atoms with van der Waals surface area (Å²) in [6.45, 7) is 4.26. The molecule has 2 rings (SSSR count). The Kier molecular flexibility index (Phi) is 2.37. The lowest BCUT2D eigenvalue weighted by molar-refractivity contribution is -0.0652. The van der Waals surface area contributed by atoms with Crippen LogP contribution in [0.25, 0.3) is 0 Å². The first-order chi connectivity index (χ1) is 5.85. The summed E-state index contributed by atoms with van der Waals surface area (Å²) in [4.78, 5) is 0. The number of hydrogen-bond donors (Lipinski definition) is 1. The van der Waals surface area contributed by atoms with E-state index in [2.05, 4.69) is 12.2 Å². The Hall–Kier alpha value is -0.0800. The summed E-state index contributed by atoms with van der Waals surface area (Å²) in [5, 5.41) is 3.36. The summed E-state index contributed by atoms with van der Waals surface area (Å²) in [6, 6.07) is 0. The van der Waals surface area contributed by atoms with Gasteiger partial charge in [0.2, 0.25) is 0 Å². The van der Waals surface area contributed by atoms with Gasteiger partial charge in [-0.15, -0.1) is 0 Å². The van der Waals surface area contributed by atoms with Crippen molar-refractivity contribution in [2.24, 2.45) is 0 Å². The molecule has 2 aliphatic rings. The van der Waals surface area contributed by atoms with Gasteiger partial charge < -0.3 is 10.1 Å². The fourth-order valence-electron chi connectivity index (χ4n) is 2.08. The molecule has 2 heteroatoms. The molecule has 1 N–H and O–H groups in total. The van der Waals surface area contributed by atoms with Crippen molar-refractivity contribution in [3.8, 4) is 0 Å². The minimum atomic E-state index is 0.359. The highest BCUT2D eigenvalue weighted by Crippen LogP contribution is 2.47. The van der Waals surface area contributed by atoms with Crippen molar-refractivity contribution in [1.82, 2.24) is 5.32 Å². The average Bonchev–Trinajstić information content (AvgIpc) is 2.82. The monoisotopic (exact) mass is 169 g/mol. The minimum absolute atomic E-state index is 0.359. The standard InChI is InChI=1S/C10H19NO/c1-2-11-8-9-4-3-5-10(12-9)6-7-10/h9,11H,2-8H2,1H3. The second-order valence-electron chi connectivity index (χ2n) is 4.12. The highest BCUT2D eigenvalue weighted by atomic mass is 16.5. The minimum Gasteiger partial charge on any atom is -0.370 e. The lowest BCUT2D eigenvalue weighted by Crippen LogP contribution is -2.36. The van der Waals surface area contributed by atoms with Gasteiger partial charge in [-0.2, -0.15) is 0 Å². The SMILES string of the molecule is CCNCC1CCCC2(CC2)O1. The van der Waals surface area contributed by atoms with Crippen LogP contribution in [0.3, 0.4) is 0 Å². The number of ether oxygens (including phenoxy) is 1. The van der Waals surface area contributed by atoms with Gasteiger partial charge in [0.05, 0.1) is 11.7 Å². The van der Waals surface area contributed by atoms with Crippen LogP contribution in [0.5, 0.6) is 0 Å². The molecule has 1 atom stereocenters. The molecule has 2 nitrogen and oxygen atoms in total. The Labute approximate surface area is 74.7 Å². The molecule has 12 heavy (non-hydrogen) atoms. The van der Waals surface area contributed by atoms with Gasteiger partial charge in [-0.05, 0) is 38.6 Å². The van der Waals surface area contributed by atoms with E-state index in [9.17, 15) is 0 Å². The molecule has 70 valence electrons. The van der Waals surface area contributed by atoms with Crippen LogP contribution in [0, 0.1) is 0 Å². The Morgan fingerprint density at radius 3 is 2.92 bits per heavy atom. The first kappa shape index (κ1) is 8.52. The first-order valence-corrected chi connectivity index (χ1v) is 5.23. The molecule has 1 unspecified atom stereocenters. The number of rotatable bonds is 3. The number of hydrogen-bond acceptors (Lipinski definition) is 2. The van der Waals surface area contributed by atoms with Crippen LogP contribution >= 0.6 is 0 Å². The summed E-state index contributed by atoms with van der Waals surface area (Å²) in [6.07, 6.45) is 7.08. The highest BCUT2D eigenvalue weighted by Gasteiger charge is 2.47. The molecule has 1 aliphatic carbocycles. The average molecular weight is 169 g/mol. The van der Waals surface area contributed by atoms with Crippen LogP contribution in [-0.2, 0) is 4.74 Å². The van der Waals surface area contributed by atoms with E-state index in [4.69, 9.17) is 4.74 Å². The Bertz CT molecular complexity index is 154. The maximum absolute atomic E-state index is 6.02. The van der Waals surface area contributed by atoms with Crippen LogP contribution in [-0.4, -0.2) is 24.8 Å². The maximum Gasteiger partial charge on any atom is 0.0707 e. The predicted octanol–water partition coefficient (Wildman–Crippen LogP) is 1.70. The van der Waals surface area contributed by atoms with Gasteiger partial charge in [-0.1, -0.05) is 6.92 Å². The van der Waals surface area contributed by atoms with Gasteiger partial charge in [0.1, 0.15) is 0 Å². The molecule has 1 spiro atoms. The van der Waals surface area contributed by atoms with Crippen molar-refractivity contribution < 1.29 is 4.74 Å². The lowest BCUT2D eigenvalue weighted by atomic mass is 10.0. The summed E-state index contributed by atoms with van der Waals surface area (Å²) in [7, 11) is 0. The Morgan fingerprint density at radius 2 is 2.25 bits per heavy atom. The van der Waals surface area contributed by atoms with E-state index in [1.807, 2.05) is 0 Å². The third-order valence-electron chi connectivity index (χ3n) is 3.00. The van der Waals surface area contributed by atoms with E-state index in [-0.39, 0.29) is 0 Å². The maximum atomic E-state index is 6.02. The van der Waals surface area contributed by atoms with E-state index in [1.165, 1.54) is 32.1 Å². The quantitative estimate of drug-likeness (QED) is 0.694. The lowest BCUT2D eigenvalue weighted by Gasteiger charge is -2.30. The van der Waals surface area contributed by atoms with Crippen molar-refractivity contribution in [2.75, 3.05) is 13.1 Å². The molecule has 0 bridgehead atoms. The summed E-state index contributed by atoms with van der Waals surface area (Å²) in [5.74, 6) is 0. The molecule has 1 aliphatic heterocycles. The molecule has 0 amide bonds. The third kappa shape index (κ3) is 1.80. The largest absolute Gasteiger partial charge is 0.370 e. The fourth-order valence-corrected chi connectivity index (χ4v) is 2.08. The zero-order valence-corrected chi connectivity index (χ0v) is 7.94. The molecule has 2 fully saturated rings. The number of likely N-dealkylation sites (N-methyl/N-ethyl adjacent to an activating group) is 1. The van der Waals surface area contributed by atoms with Gasteiger partial charge in [-0.25, -0.2) is 0 Å². The summed E-state index contributed by atoms with van der Waals surface area (Å²) in [5.41, 5.74) is 0.359. The van der Waals surface area contributed by atoms with E-state index in [0.29, 0.717) is 11.7 Å². The van der Waals surface area contributed by atoms with Crippen molar-refractivity contribution in [2.45, 2.75) is 50.7 Å². The van der Waals surface area contributed by atoms with Crippen LogP contribution in [0.15, 0.2) is 0 Å². The van der Waals surface area contributed by atoms with Crippen molar-refractivity contribution in [3.05, 3.63) is 0 Å². The molecule has 1 heterocycles. The summed E-state index contributed by atoms with van der Waals surface area (Å²) >= 11 is 0. The van der Waals surface area contributed by atoms with Crippen LogP contribution in [0.2, 0.25) is 0 Å². The van der Waals surface area contributed by atoms with E-state index >= 15 is 0 Å². The second kappa shape index (κ2) is 3.35. The van der Waals surface area contributed by atoms with Gasteiger partial charge in [0.15, 0.2) is 0 Å². The molecular formula is C10H19NO. The van der Waals surface area contributed by atoms with Crippen LogP contribution < -0.4 is 5.32 Å². The topological polar surface area (TPSA) is 21.3 Å². The predicted molar refractivity (Wildman–Crippen MR) is 49.2 cm³/mol. The molecule has 1 saturated heterocycles. The van der Waals surface area contributed by atoms with Gasteiger partial charge >= 0.3 is 0 Å². The van der Waals surface area contributed by atoms with Crippen molar-refractivity contribution in [3.63, 3.8) is 0 Å². The van der Waals surface area contributed by atoms with Gasteiger partial charge in [0, 0.05) is 6.54 Å². The zero-order chi connectivity index (χ0) is 8.44. The van der Waals surface area contributed by atoms with Crippen LogP contribution in [0.1, 0.15) is 39.0 Å². The van der Waals surface area contributed by atoms with Gasteiger partial charge in [-0.3, -0.25) is 0 Å². The Morgan fingerprint density at radius 1 is 1.42 bits per heavy atom. The number of nitrogens with one attached hydrogen (secondary N) is 1. The zero-order valence-electron chi connectivity index (χ0n) is 7.94. The first-order valence-electron chi connectivity index (χ1n) is 5.23. The van der Waals surface area contributed by atoms with E-state index in [0.717, 1.165) is 13.1 Å². The second-order valence-corrected chi connectivity index (χ2v) is 4.12. The van der Waals surface area contributed by atoms with E-state index < -0.39 is 0 Å². The molecule has 0 aromatic rings. The molecule has 1 saturated carbocycles. The normalized spacial score (nSPS) is 32.2. The molecule has 0 aromatic heterocycles. The van der Waals surface area contributed by atoms with Crippen molar-refractivity contribution >= 4 is 0 Å². The Balaban J connectivity index is 1.75. The molecular weight excluding hydrogens is 150 g/mol. The fraction of sp³-hybridized carbons (Fsp3) is 1.00. The van der Waals surface area contributed by atoms with Gasteiger partial charge in [0.25, 0.3) is 0 Å².